The molecule has 0 radical (unpaired) electrons. The Hall–Kier alpha value is -1.60. The molecule has 0 fully saturated rings. The molecule has 1 N–H and O–H groups in total. The molecule has 3 rings (SSSR count). The second-order valence-corrected chi connectivity index (χ2v) is 8.05. The number of benzene rings is 2. The van der Waals surface area contributed by atoms with Crippen molar-refractivity contribution in [1.29, 1.82) is 0 Å². The molecule has 128 valence electrons. The highest BCUT2D eigenvalue weighted by atomic mass is 79.9. The number of carbonyl (C=O) groups excluding carboxylic acids is 1. The van der Waals surface area contributed by atoms with E-state index in [1.54, 1.807) is 12.1 Å². The third-order valence-electron chi connectivity index (χ3n) is 3.69. The van der Waals surface area contributed by atoms with E-state index in [4.69, 9.17) is 11.6 Å². The second-order valence-electron chi connectivity index (χ2n) is 5.43. The Morgan fingerprint density at radius 1 is 1.28 bits per heavy atom. The summed E-state index contributed by atoms with van der Waals surface area (Å²) < 4.78 is 13.5. The fourth-order valence-corrected chi connectivity index (χ4v) is 4.49. The number of ketones is 1. The predicted octanol–water partition coefficient (Wildman–Crippen LogP) is 4.87. The van der Waals surface area contributed by atoms with Crippen LogP contribution < -0.4 is 0 Å². The van der Waals surface area contributed by atoms with E-state index in [0.717, 1.165) is 5.56 Å². The number of fused-ring (bicyclic) bond motifs is 1. The standard InChI is InChI=1S/C18H13BrClNO3S/c1-10(22)14-17(23)15-13(20)8-7-12(19)16(15)21-18(14)25(24)9-11-5-3-2-4-6-11/h2-8H,9H2,1H3,(H,21,23). The highest BCUT2D eigenvalue weighted by Gasteiger charge is 2.28. The molecule has 0 aliphatic carbocycles. The van der Waals surface area contributed by atoms with Gasteiger partial charge in [0, 0.05) is 21.2 Å². The number of nitrogens with zero attached hydrogens (tertiary/aromatic N) is 1. The molecule has 0 amide bonds. The zero-order valence-electron chi connectivity index (χ0n) is 13.1. The minimum absolute atomic E-state index is 0.0539. The van der Waals surface area contributed by atoms with Crippen LogP contribution in [0.1, 0.15) is 22.8 Å². The molecule has 2 aromatic carbocycles. The maximum Gasteiger partial charge on any atom is 0.260 e. The van der Waals surface area contributed by atoms with Gasteiger partial charge >= 0.3 is 0 Å². The van der Waals surface area contributed by atoms with Crippen molar-refractivity contribution >= 4 is 55.4 Å². The van der Waals surface area contributed by atoms with Crippen molar-refractivity contribution in [2.24, 2.45) is 0 Å². The molecule has 7 heteroatoms. The number of hydrogen-bond donors (Lipinski definition) is 1. The summed E-state index contributed by atoms with van der Waals surface area (Å²) in [6.45, 7) is 1.30. The quantitative estimate of drug-likeness (QED) is 0.466. The van der Waals surface area contributed by atoms with E-state index in [0.29, 0.717) is 9.99 Å². The number of carbonyl (C=O) groups is 1. The molecule has 25 heavy (non-hydrogen) atoms. The van der Waals surface area contributed by atoms with Crippen LogP contribution in [0.15, 0.2) is 52.0 Å². The van der Waals surface area contributed by atoms with E-state index in [-0.39, 0.29) is 32.5 Å². The normalized spacial score (nSPS) is 12.3. The van der Waals surface area contributed by atoms with Crippen molar-refractivity contribution in [2.75, 3.05) is 0 Å². The first-order valence-electron chi connectivity index (χ1n) is 7.34. The van der Waals surface area contributed by atoms with Crippen LogP contribution in [-0.4, -0.2) is 20.4 Å². The van der Waals surface area contributed by atoms with Crippen molar-refractivity contribution in [3.63, 3.8) is 0 Å². The third-order valence-corrected chi connectivity index (χ3v) is 5.96. The summed E-state index contributed by atoms with van der Waals surface area (Å²) in [6.07, 6.45) is 0. The van der Waals surface area contributed by atoms with Crippen LogP contribution >= 0.6 is 27.5 Å². The molecule has 3 aromatic rings. The molecule has 1 aromatic heterocycles. The highest BCUT2D eigenvalue weighted by Crippen LogP contribution is 2.40. The van der Waals surface area contributed by atoms with E-state index < -0.39 is 17.0 Å². The van der Waals surface area contributed by atoms with E-state index in [9.17, 15) is 14.5 Å². The SMILES string of the molecule is CC(=O)c1c([S+]([O-])Cc2ccccc2)nc2c(Br)ccc(Cl)c2c1O. The number of aromatic hydroxyl groups is 1. The minimum Gasteiger partial charge on any atom is -0.610 e. The first kappa shape index (κ1) is 18.2. The Balaban J connectivity index is 2.21. The molecule has 1 atom stereocenters. The van der Waals surface area contributed by atoms with Crippen LogP contribution in [0.3, 0.4) is 0 Å². The van der Waals surface area contributed by atoms with Gasteiger partial charge in [-0.2, -0.15) is 4.98 Å². The molecule has 1 unspecified atom stereocenters. The average Bonchev–Trinajstić information content (AvgIpc) is 2.58. The van der Waals surface area contributed by atoms with Gasteiger partial charge in [0.1, 0.15) is 17.1 Å². The van der Waals surface area contributed by atoms with Gasteiger partial charge in [-0.25, -0.2) is 0 Å². The number of aromatic nitrogens is 1. The molecular weight excluding hydrogens is 426 g/mol. The predicted molar refractivity (Wildman–Crippen MR) is 103 cm³/mol. The van der Waals surface area contributed by atoms with Crippen molar-refractivity contribution in [3.8, 4) is 5.75 Å². The monoisotopic (exact) mass is 437 g/mol. The third kappa shape index (κ3) is 3.53. The minimum atomic E-state index is -1.60. The molecule has 4 nitrogen and oxygen atoms in total. The lowest BCUT2D eigenvalue weighted by Gasteiger charge is -2.15. The summed E-state index contributed by atoms with van der Waals surface area (Å²) >= 11 is 7.92. The molecule has 0 saturated heterocycles. The van der Waals surface area contributed by atoms with Crippen LogP contribution in [0, 0.1) is 0 Å². The number of Topliss-reactive ketones (excluding diaryl/α,β-unsaturated/α-hetero) is 1. The molecule has 0 spiro atoms. The van der Waals surface area contributed by atoms with Gasteiger partial charge in [-0.1, -0.05) is 41.9 Å². The van der Waals surface area contributed by atoms with Gasteiger partial charge in [0.15, 0.2) is 5.78 Å². The van der Waals surface area contributed by atoms with Gasteiger partial charge < -0.3 is 9.66 Å². The van der Waals surface area contributed by atoms with Gasteiger partial charge in [0.05, 0.1) is 15.9 Å². The number of rotatable bonds is 4. The van der Waals surface area contributed by atoms with Crippen molar-refractivity contribution in [2.45, 2.75) is 17.7 Å². The Labute approximate surface area is 161 Å². The van der Waals surface area contributed by atoms with E-state index in [2.05, 4.69) is 20.9 Å². The maximum atomic E-state index is 12.9. The smallest absolute Gasteiger partial charge is 0.260 e. The topological polar surface area (TPSA) is 73.2 Å². The number of pyridine rings is 1. The average molecular weight is 439 g/mol. The van der Waals surface area contributed by atoms with Gasteiger partial charge in [-0.05, 0) is 35.0 Å². The Morgan fingerprint density at radius 2 is 1.96 bits per heavy atom. The van der Waals surface area contributed by atoms with Crippen molar-refractivity contribution in [1.82, 2.24) is 4.98 Å². The molecule has 0 saturated carbocycles. The number of hydrogen-bond acceptors (Lipinski definition) is 4. The van der Waals surface area contributed by atoms with Crippen molar-refractivity contribution in [3.05, 3.63) is 63.1 Å². The summed E-state index contributed by atoms with van der Waals surface area (Å²) in [7, 11) is 0. The zero-order valence-corrected chi connectivity index (χ0v) is 16.3. The van der Waals surface area contributed by atoms with Gasteiger partial charge in [-0.3, -0.25) is 4.79 Å². The first-order valence-corrected chi connectivity index (χ1v) is 9.83. The summed E-state index contributed by atoms with van der Waals surface area (Å²) in [5.74, 6) is -0.517. The van der Waals surface area contributed by atoms with Crippen LogP contribution in [0.5, 0.6) is 5.75 Å². The van der Waals surface area contributed by atoms with Crippen LogP contribution in [0.2, 0.25) is 5.02 Å². The van der Waals surface area contributed by atoms with Gasteiger partial charge in [0.25, 0.3) is 5.03 Å². The molecule has 0 bridgehead atoms. The highest BCUT2D eigenvalue weighted by molar-refractivity contribution is 9.10. The summed E-state index contributed by atoms with van der Waals surface area (Å²) in [5.41, 5.74) is 1.16. The van der Waals surface area contributed by atoms with Crippen LogP contribution in [0.4, 0.5) is 0 Å². The van der Waals surface area contributed by atoms with E-state index in [1.807, 2.05) is 30.3 Å². The molecule has 1 heterocycles. The summed E-state index contributed by atoms with van der Waals surface area (Å²) in [4.78, 5) is 16.5. The van der Waals surface area contributed by atoms with E-state index >= 15 is 0 Å². The van der Waals surface area contributed by atoms with Gasteiger partial charge in [0.2, 0.25) is 0 Å². The second kappa shape index (κ2) is 7.33. The summed E-state index contributed by atoms with van der Waals surface area (Å²) in [6, 6.07) is 12.5. The summed E-state index contributed by atoms with van der Waals surface area (Å²) in [5, 5.41) is 11.2. The lowest BCUT2D eigenvalue weighted by molar-refractivity contribution is 0.101. The fourth-order valence-electron chi connectivity index (χ4n) is 2.54. The molecule has 0 aliphatic heterocycles. The van der Waals surface area contributed by atoms with Crippen molar-refractivity contribution < 1.29 is 14.5 Å². The first-order chi connectivity index (χ1) is 11.9. The number of halogens is 2. The van der Waals surface area contributed by atoms with Crippen LogP contribution in [0.25, 0.3) is 10.9 Å². The molecular formula is C18H13BrClNO3S. The Bertz CT molecular complexity index is 966. The lowest BCUT2D eigenvalue weighted by atomic mass is 10.1. The maximum absolute atomic E-state index is 12.9. The fraction of sp³-hybridized carbons (Fsp3) is 0.111. The zero-order chi connectivity index (χ0) is 18.1. The molecule has 0 aliphatic rings. The Kier molecular flexibility index (Phi) is 5.34. The van der Waals surface area contributed by atoms with E-state index in [1.165, 1.54) is 6.92 Å². The lowest BCUT2D eigenvalue weighted by Crippen LogP contribution is -2.13. The van der Waals surface area contributed by atoms with Gasteiger partial charge in [-0.15, -0.1) is 0 Å². The van der Waals surface area contributed by atoms with Crippen LogP contribution in [-0.2, 0) is 16.9 Å². The Morgan fingerprint density at radius 3 is 2.60 bits per heavy atom. The largest absolute Gasteiger partial charge is 0.610 e.